The molecule has 1 rings (SSSR count). The van der Waals surface area contributed by atoms with Crippen LogP contribution in [0.1, 0.15) is 18.9 Å². The highest BCUT2D eigenvalue weighted by atomic mass is 16.5. The monoisotopic (exact) mass is 334 g/mol. The number of allylic oxidation sites excluding steroid dienone is 3. The first kappa shape index (κ1) is 20.1. The molecule has 0 radical (unpaired) electrons. The molecule has 0 fully saturated rings. The van der Waals surface area contributed by atoms with Crippen LogP contribution in [0.2, 0.25) is 0 Å². The highest BCUT2D eigenvalue weighted by Crippen LogP contribution is 2.18. The summed E-state index contributed by atoms with van der Waals surface area (Å²) in [7, 11) is 3.02. The molecule has 132 valence electrons. The Morgan fingerprint density at radius 3 is 2.67 bits per heavy atom. The van der Waals surface area contributed by atoms with Crippen LogP contribution in [0, 0.1) is 0 Å². The molecule has 0 aliphatic rings. The summed E-state index contributed by atoms with van der Waals surface area (Å²) in [5.41, 5.74) is 0.933. The van der Waals surface area contributed by atoms with Crippen molar-refractivity contribution in [3.63, 3.8) is 0 Å². The Balaban J connectivity index is 2.43. The van der Waals surface area contributed by atoms with E-state index in [1.165, 1.54) is 13.2 Å². The van der Waals surface area contributed by atoms with Gasteiger partial charge < -0.3 is 19.3 Å². The van der Waals surface area contributed by atoms with Gasteiger partial charge in [-0.05, 0) is 25.5 Å². The fourth-order valence-corrected chi connectivity index (χ4v) is 2.18. The summed E-state index contributed by atoms with van der Waals surface area (Å²) in [5.74, 6) is 0.491. The van der Waals surface area contributed by atoms with Crippen LogP contribution in [0.25, 0.3) is 0 Å². The van der Waals surface area contributed by atoms with Crippen molar-refractivity contribution in [1.29, 1.82) is 0 Å². The van der Waals surface area contributed by atoms with E-state index >= 15 is 0 Å². The summed E-state index contributed by atoms with van der Waals surface area (Å²) in [6.07, 6.45) is 5.07. The first-order valence-electron chi connectivity index (χ1n) is 7.87. The van der Waals surface area contributed by atoms with Crippen molar-refractivity contribution < 1.29 is 24.1 Å². The van der Waals surface area contributed by atoms with E-state index in [4.69, 9.17) is 14.2 Å². The molecule has 0 saturated carbocycles. The largest absolute Gasteiger partial charge is 0.496 e. The minimum atomic E-state index is -0.921. The lowest BCUT2D eigenvalue weighted by Gasteiger charge is -2.19. The van der Waals surface area contributed by atoms with E-state index in [1.54, 1.807) is 19.3 Å². The maximum Gasteiger partial charge on any atom is 0.187 e. The zero-order valence-corrected chi connectivity index (χ0v) is 14.5. The van der Waals surface area contributed by atoms with Crippen molar-refractivity contribution in [3.05, 3.63) is 54.1 Å². The predicted octanol–water partition coefficient (Wildman–Crippen LogP) is 2.68. The molecule has 1 aromatic rings. The number of benzene rings is 1. The third-order valence-electron chi connectivity index (χ3n) is 3.46. The van der Waals surface area contributed by atoms with Crippen molar-refractivity contribution in [2.75, 3.05) is 20.8 Å². The molecule has 5 heteroatoms. The van der Waals surface area contributed by atoms with E-state index < -0.39 is 12.2 Å². The van der Waals surface area contributed by atoms with Crippen molar-refractivity contribution in [3.8, 4) is 5.75 Å². The standard InChI is InChI=1S/C19H26O5/c1-4-5-6-10-16(20)19(23-3)17(21)12-13-24-14-15-9-7-8-11-18(15)22-2/h4-11,17,19,21H,12-14H2,1-3H3/b5-4+,10-6+/t17-,19-/m1/s1. The molecular formula is C19H26O5. The summed E-state index contributed by atoms with van der Waals surface area (Å²) >= 11 is 0. The number of para-hydroxylation sites is 1. The average Bonchev–Trinajstić information content (AvgIpc) is 2.60. The highest BCUT2D eigenvalue weighted by molar-refractivity contribution is 5.94. The van der Waals surface area contributed by atoms with Gasteiger partial charge in [0.1, 0.15) is 11.9 Å². The molecule has 2 atom stereocenters. The molecule has 0 heterocycles. The zero-order valence-electron chi connectivity index (χ0n) is 14.5. The van der Waals surface area contributed by atoms with Gasteiger partial charge in [0.25, 0.3) is 0 Å². The summed E-state index contributed by atoms with van der Waals surface area (Å²) < 4.78 is 15.9. The Hall–Kier alpha value is -1.95. The summed E-state index contributed by atoms with van der Waals surface area (Å²) in [6.45, 7) is 2.55. The number of hydrogen-bond acceptors (Lipinski definition) is 5. The van der Waals surface area contributed by atoms with Crippen LogP contribution in [0.15, 0.2) is 48.6 Å². The van der Waals surface area contributed by atoms with E-state index in [0.29, 0.717) is 19.6 Å². The second-order valence-electron chi connectivity index (χ2n) is 5.16. The van der Waals surface area contributed by atoms with Gasteiger partial charge in [-0.3, -0.25) is 4.79 Å². The van der Waals surface area contributed by atoms with Crippen molar-refractivity contribution in [2.45, 2.75) is 32.2 Å². The molecule has 0 spiro atoms. The highest BCUT2D eigenvalue weighted by Gasteiger charge is 2.24. The van der Waals surface area contributed by atoms with Crippen LogP contribution in [0.3, 0.4) is 0 Å². The molecule has 0 aromatic heterocycles. The predicted molar refractivity (Wildman–Crippen MR) is 93.0 cm³/mol. The summed E-state index contributed by atoms with van der Waals surface area (Å²) in [6, 6.07) is 7.59. The smallest absolute Gasteiger partial charge is 0.187 e. The second-order valence-corrected chi connectivity index (χ2v) is 5.16. The molecule has 0 bridgehead atoms. The van der Waals surface area contributed by atoms with Crippen LogP contribution in [0.4, 0.5) is 0 Å². The molecule has 0 amide bonds. The molecule has 0 unspecified atom stereocenters. The Labute approximate surface area is 143 Å². The quantitative estimate of drug-likeness (QED) is 0.383. The van der Waals surface area contributed by atoms with Crippen molar-refractivity contribution in [1.82, 2.24) is 0 Å². The van der Waals surface area contributed by atoms with Gasteiger partial charge in [0, 0.05) is 19.3 Å². The maximum atomic E-state index is 12.0. The number of ether oxygens (including phenoxy) is 3. The first-order valence-corrected chi connectivity index (χ1v) is 7.87. The van der Waals surface area contributed by atoms with Gasteiger partial charge in [-0.1, -0.05) is 36.4 Å². The number of ketones is 1. The molecule has 0 saturated heterocycles. The first-order chi connectivity index (χ1) is 11.6. The lowest BCUT2D eigenvalue weighted by atomic mass is 10.1. The molecule has 0 aliphatic heterocycles. The van der Waals surface area contributed by atoms with Gasteiger partial charge in [-0.15, -0.1) is 0 Å². The van der Waals surface area contributed by atoms with E-state index in [2.05, 4.69) is 0 Å². The molecule has 24 heavy (non-hydrogen) atoms. The Bertz CT molecular complexity index is 550. The van der Waals surface area contributed by atoms with Crippen molar-refractivity contribution >= 4 is 5.78 Å². The lowest BCUT2D eigenvalue weighted by Crippen LogP contribution is -2.35. The van der Waals surface area contributed by atoms with Gasteiger partial charge >= 0.3 is 0 Å². The number of hydrogen-bond donors (Lipinski definition) is 1. The van der Waals surface area contributed by atoms with E-state index in [0.717, 1.165) is 11.3 Å². The van der Waals surface area contributed by atoms with Gasteiger partial charge in [0.05, 0.1) is 19.8 Å². The Morgan fingerprint density at radius 2 is 2.00 bits per heavy atom. The normalized spacial score (nSPS) is 14.2. The van der Waals surface area contributed by atoms with Gasteiger partial charge in [0.15, 0.2) is 5.78 Å². The van der Waals surface area contributed by atoms with Crippen LogP contribution in [0.5, 0.6) is 5.75 Å². The SMILES string of the molecule is C/C=C/C=C/C(=O)[C@@H](OC)[C@H](O)CCOCc1ccccc1OC. The summed E-state index contributed by atoms with van der Waals surface area (Å²) in [4.78, 5) is 12.0. The van der Waals surface area contributed by atoms with Crippen molar-refractivity contribution in [2.24, 2.45) is 0 Å². The van der Waals surface area contributed by atoms with E-state index in [-0.39, 0.29) is 5.78 Å². The van der Waals surface area contributed by atoms with Crippen LogP contribution in [-0.2, 0) is 20.9 Å². The number of methoxy groups -OCH3 is 2. The minimum absolute atomic E-state index is 0.271. The molecule has 5 nitrogen and oxygen atoms in total. The number of rotatable bonds is 11. The zero-order chi connectivity index (χ0) is 17.8. The Kier molecular flexibility index (Phi) is 9.68. The van der Waals surface area contributed by atoms with Gasteiger partial charge in [-0.25, -0.2) is 0 Å². The third-order valence-corrected chi connectivity index (χ3v) is 3.46. The summed E-state index contributed by atoms with van der Waals surface area (Å²) in [5, 5.41) is 10.1. The number of carbonyl (C=O) groups excluding carboxylic acids is 1. The van der Waals surface area contributed by atoms with Gasteiger partial charge in [0.2, 0.25) is 0 Å². The second kappa shape index (κ2) is 11.6. The third kappa shape index (κ3) is 6.66. The number of carbonyl (C=O) groups is 1. The molecule has 1 N–H and O–H groups in total. The molecule has 1 aromatic carbocycles. The van der Waals surface area contributed by atoms with Crippen LogP contribution >= 0.6 is 0 Å². The molecule has 0 aliphatic carbocycles. The lowest BCUT2D eigenvalue weighted by molar-refractivity contribution is -0.131. The van der Waals surface area contributed by atoms with E-state index in [1.807, 2.05) is 37.3 Å². The average molecular weight is 334 g/mol. The number of aliphatic hydroxyl groups is 1. The fourth-order valence-electron chi connectivity index (χ4n) is 2.18. The maximum absolute atomic E-state index is 12.0. The Morgan fingerprint density at radius 1 is 1.25 bits per heavy atom. The van der Waals surface area contributed by atoms with Gasteiger partial charge in [-0.2, -0.15) is 0 Å². The van der Waals surface area contributed by atoms with Crippen LogP contribution < -0.4 is 4.74 Å². The fraction of sp³-hybridized carbons (Fsp3) is 0.421. The topological polar surface area (TPSA) is 65.0 Å². The minimum Gasteiger partial charge on any atom is -0.496 e. The van der Waals surface area contributed by atoms with Crippen LogP contribution in [-0.4, -0.2) is 43.9 Å². The molecular weight excluding hydrogens is 308 g/mol. The van der Waals surface area contributed by atoms with E-state index in [9.17, 15) is 9.90 Å². The number of aliphatic hydroxyl groups excluding tert-OH is 1.